The zero-order valence-electron chi connectivity index (χ0n) is 16.3. The Balaban J connectivity index is 1.61. The molecule has 31 heavy (non-hydrogen) atoms. The molecule has 0 bridgehead atoms. The molecule has 0 atom stereocenters. The molecule has 0 unspecified atom stereocenters. The van der Waals surface area contributed by atoms with Crippen molar-refractivity contribution in [2.75, 3.05) is 0 Å². The highest BCUT2D eigenvalue weighted by Gasteiger charge is 2.13. The zero-order valence-corrected chi connectivity index (χ0v) is 16.3. The van der Waals surface area contributed by atoms with Gasteiger partial charge in [0.2, 0.25) is 0 Å². The molecule has 0 aliphatic carbocycles. The second-order valence-corrected chi connectivity index (χ2v) is 6.52. The maximum absolute atomic E-state index is 12.2. The van der Waals surface area contributed by atoms with E-state index in [0.29, 0.717) is 5.75 Å². The molecule has 1 aromatic heterocycles. The van der Waals surface area contributed by atoms with Gasteiger partial charge >= 0.3 is 11.9 Å². The van der Waals surface area contributed by atoms with Gasteiger partial charge in [0.05, 0.1) is 6.42 Å². The van der Waals surface area contributed by atoms with E-state index in [2.05, 4.69) is 15.5 Å². The van der Waals surface area contributed by atoms with E-state index in [1.54, 1.807) is 30.5 Å². The molecule has 1 amide bonds. The first kappa shape index (κ1) is 21.4. The fourth-order valence-electron chi connectivity index (χ4n) is 2.72. The Labute approximate surface area is 177 Å². The number of pyridine rings is 1. The Morgan fingerprint density at radius 3 is 2.42 bits per heavy atom. The Morgan fingerprint density at radius 2 is 1.71 bits per heavy atom. The van der Waals surface area contributed by atoms with Crippen LogP contribution in [-0.2, 0) is 16.2 Å². The first-order valence-corrected chi connectivity index (χ1v) is 9.31. The van der Waals surface area contributed by atoms with Gasteiger partial charge in [-0.2, -0.15) is 5.10 Å². The number of fused-ring (bicyclic) bond motifs is 1. The summed E-state index contributed by atoms with van der Waals surface area (Å²) in [6.07, 6.45) is 0.995. The van der Waals surface area contributed by atoms with Gasteiger partial charge in [-0.25, -0.2) is 10.2 Å². The van der Waals surface area contributed by atoms with Crippen LogP contribution >= 0.6 is 0 Å². The minimum absolute atomic E-state index is 0.266. The zero-order chi connectivity index (χ0) is 22.2. The number of hydrazone groups is 1. The highest BCUT2D eigenvalue weighted by atomic mass is 16.5. The highest BCUT2D eigenvalue weighted by Crippen LogP contribution is 2.23. The summed E-state index contributed by atoms with van der Waals surface area (Å²) in [7, 11) is 0. The van der Waals surface area contributed by atoms with Crippen molar-refractivity contribution in [1.29, 1.82) is 0 Å². The average molecular weight is 421 g/mol. The van der Waals surface area contributed by atoms with Gasteiger partial charge in [-0.1, -0.05) is 30.3 Å². The summed E-state index contributed by atoms with van der Waals surface area (Å²) in [5.74, 6) is -2.51. The number of para-hydroxylation sites is 1. The molecule has 0 aliphatic rings. The summed E-state index contributed by atoms with van der Waals surface area (Å²) in [5, 5.41) is 22.2. The Kier molecular flexibility index (Phi) is 6.89. The lowest BCUT2D eigenvalue weighted by molar-refractivity contribution is -0.136. The standard InChI is InChI=1S/C22H19N3O6/c26-19(27)11-10-17(22(29)30)24-25-21(28)16-8-6-14(7-9-16)13-31-18-5-1-3-15-4-2-12-23-20(15)18/h1-9,12H,10-11,13H2,(H,25,28)(H,26,27)(H,29,30)/b24-17-. The van der Waals surface area contributed by atoms with Crippen LogP contribution in [0.5, 0.6) is 5.75 Å². The Hall–Kier alpha value is -4.27. The smallest absolute Gasteiger partial charge is 0.352 e. The topological polar surface area (TPSA) is 138 Å². The molecule has 0 saturated heterocycles. The normalized spacial score (nSPS) is 11.2. The third-order valence-corrected chi connectivity index (χ3v) is 4.32. The molecule has 0 saturated carbocycles. The van der Waals surface area contributed by atoms with E-state index in [4.69, 9.17) is 14.9 Å². The summed E-state index contributed by atoms with van der Waals surface area (Å²) in [4.78, 5) is 38.2. The number of carboxylic acids is 2. The monoisotopic (exact) mass is 421 g/mol. The number of benzene rings is 2. The van der Waals surface area contributed by atoms with Crippen LogP contribution in [0.25, 0.3) is 10.9 Å². The number of hydrogen-bond acceptors (Lipinski definition) is 6. The van der Waals surface area contributed by atoms with Crippen molar-refractivity contribution >= 4 is 34.5 Å². The first-order valence-electron chi connectivity index (χ1n) is 9.31. The van der Waals surface area contributed by atoms with Crippen LogP contribution in [0.4, 0.5) is 0 Å². The van der Waals surface area contributed by atoms with E-state index in [0.717, 1.165) is 16.5 Å². The summed E-state index contributed by atoms with van der Waals surface area (Å²) < 4.78 is 5.86. The van der Waals surface area contributed by atoms with E-state index in [1.165, 1.54) is 0 Å². The summed E-state index contributed by atoms with van der Waals surface area (Å²) in [6, 6.07) is 16.0. The van der Waals surface area contributed by atoms with Gasteiger partial charge < -0.3 is 14.9 Å². The Morgan fingerprint density at radius 1 is 0.968 bits per heavy atom. The fourth-order valence-corrected chi connectivity index (χ4v) is 2.72. The van der Waals surface area contributed by atoms with Crippen molar-refractivity contribution in [3.8, 4) is 5.75 Å². The molecular weight excluding hydrogens is 402 g/mol. The van der Waals surface area contributed by atoms with Gasteiger partial charge in [-0.05, 0) is 29.8 Å². The van der Waals surface area contributed by atoms with Crippen molar-refractivity contribution in [2.45, 2.75) is 19.4 Å². The minimum atomic E-state index is -1.39. The molecule has 3 N–H and O–H groups in total. The van der Waals surface area contributed by atoms with Crippen LogP contribution in [0.2, 0.25) is 0 Å². The number of carbonyl (C=O) groups excluding carboxylic acids is 1. The van der Waals surface area contributed by atoms with Crippen LogP contribution in [-0.4, -0.2) is 38.8 Å². The van der Waals surface area contributed by atoms with Crippen molar-refractivity contribution in [1.82, 2.24) is 10.4 Å². The van der Waals surface area contributed by atoms with Gasteiger partial charge in [0.25, 0.3) is 5.91 Å². The molecule has 9 nitrogen and oxygen atoms in total. The van der Waals surface area contributed by atoms with Gasteiger partial charge in [0.15, 0.2) is 0 Å². The predicted molar refractivity (Wildman–Crippen MR) is 112 cm³/mol. The third-order valence-electron chi connectivity index (χ3n) is 4.32. The number of amides is 1. The molecular formula is C22H19N3O6. The van der Waals surface area contributed by atoms with Crippen molar-refractivity contribution in [3.63, 3.8) is 0 Å². The number of aromatic nitrogens is 1. The SMILES string of the molecule is O=C(O)CC/C(=N/NC(=O)c1ccc(COc2cccc3cccnc23)cc1)C(=O)O. The number of nitrogens with one attached hydrogen (secondary N) is 1. The summed E-state index contributed by atoms with van der Waals surface area (Å²) >= 11 is 0. The summed E-state index contributed by atoms with van der Waals surface area (Å²) in [5.41, 5.74) is 3.54. The van der Waals surface area contributed by atoms with Crippen molar-refractivity contribution in [2.24, 2.45) is 5.10 Å². The van der Waals surface area contributed by atoms with E-state index < -0.39 is 30.0 Å². The van der Waals surface area contributed by atoms with Crippen molar-refractivity contribution in [3.05, 3.63) is 71.9 Å². The lowest BCUT2D eigenvalue weighted by atomic mass is 10.1. The number of ether oxygens (including phenoxy) is 1. The maximum Gasteiger partial charge on any atom is 0.352 e. The number of rotatable bonds is 9. The first-order chi connectivity index (χ1) is 14.9. The van der Waals surface area contributed by atoms with Crippen molar-refractivity contribution < 1.29 is 29.3 Å². The molecule has 0 spiro atoms. The fraction of sp³-hybridized carbons (Fsp3) is 0.136. The number of aliphatic carboxylic acids is 2. The Bertz CT molecular complexity index is 1140. The van der Waals surface area contributed by atoms with Crippen LogP contribution < -0.4 is 10.2 Å². The molecule has 3 rings (SSSR count). The second-order valence-electron chi connectivity index (χ2n) is 6.52. The van der Waals surface area contributed by atoms with Crippen LogP contribution in [0, 0.1) is 0 Å². The predicted octanol–water partition coefficient (Wildman–Crippen LogP) is 2.85. The quantitative estimate of drug-likeness (QED) is 0.357. The molecule has 0 fully saturated rings. The number of nitrogens with zero attached hydrogens (tertiary/aromatic N) is 2. The maximum atomic E-state index is 12.2. The van der Waals surface area contributed by atoms with E-state index in [9.17, 15) is 14.4 Å². The number of carboxylic acid groups (broad SMARTS) is 2. The van der Waals surface area contributed by atoms with Gasteiger partial charge in [-0.15, -0.1) is 0 Å². The molecule has 0 aliphatic heterocycles. The highest BCUT2D eigenvalue weighted by molar-refractivity contribution is 6.35. The molecule has 0 radical (unpaired) electrons. The third kappa shape index (κ3) is 5.86. The lowest BCUT2D eigenvalue weighted by Gasteiger charge is -2.09. The molecule has 2 aromatic carbocycles. The molecule has 1 heterocycles. The van der Waals surface area contributed by atoms with E-state index in [1.807, 2.05) is 30.3 Å². The lowest BCUT2D eigenvalue weighted by Crippen LogP contribution is -2.23. The minimum Gasteiger partial charge on any atom is -0.487 e. The van der Waals surface area contributed by atoms with Gasteiger partial charge in [0, 0.05) is 23.6 Å². The van der Waals surface area contributed by atoms with E-state index in [-0.39, 0.29) is 18.6 Å². The van der Waals surface area contributed by atoms with Crippen LogP contribution in [0.1, 0.15) is 28.8 Å². The number of carbonyl (C=O) groups is 3. The largest absolute Gasteiger partial charge is 0.487 e. The number of hydrogen-bond donors (Lipinski definition) is 3. The summed E-state index contributed by atoms with van der Waals surface area (Å²) in [6.45, 7) is 0.272. The van der Waals surface area contributed by atoms with Crippen LogP contribution in [0.3, 0.4) is 0 Å². The average Bonchev–Trinajstić information content (AvgIpc) is 2.77. The molecule has 158 valence electrons. The molecule has 3 aromatic rings. The van der Waals surface area contributed by atoms with Gasteiger partial charge in [-0.3, -0.25) is 14.6 Å². The van der Waals surface area contributed by atoms with E-state index >= 15 is 0 Å². The molecule has 9 heteroatoms. The second kappa shape index (κ2) is 9.97. The van der Waals surface area contributed by atoms with Gasteiger partial charge in [0.1, 0.15) is 23.6 Å². The van der Waals surface area contributed by atoms with Crippen LogP contribution in [0.15, 0.2) is 65.9 Å².